The molecule has 0 bridgehead atoms. The number of hydrogen-bond acceptors (Lipinski definition) is 3. The van der Waals surface area contributed by atoms with Crippen molar-refractivity contribution in [2.75, 3.05) is 0 Å². The molecule has 0 aliphatic rings. The Morgan fingerprint density at radius 2 is 1.77 bits per heavy atom. The van der Waals surface area contributed by atoms with Crippen LogP contribution in [0, 0.1) is 5.82 Å². The highest BCUT2D eigenvalue weighted by atomic mass is 19.1. The Morgan fingerprint density at radius 3 is 2.37 bits per heavy atom. The van der Waals surface area contributed by atoms with Crippen LogP contribution < -0.4 is 11.0 Å². The lowest BCUT2D eigenvalue weighted by Crippen LogP contribution is -2.36. The number of aryl methyl sites for hydroxylation is 2. The molecule has 7 nitrogen and oxygen atoms in total. The summed E-state index contributed by atoms with van der Waals surface area (Å²) in [7, 11) is 1.82. The van der Waals surface area contributed by atoms with Crippen LogP contribution in [0.2, 0.25) is 0 Å². The van der Waals surface area contributed by atoms with Crippen molar-refractivity contribution in [3.8, 4) is 0 Å². The molecule has 2 aromatic carbocycles. The smallest absolute Gasteiger partial charge is 0.329 e. The lowest BCUT2D eigenvalue weighted by atomic mass is 10.1. The summed E-state index contributed by atoms with van der Waals surface area (Å²) in [6.45, 7) is 2.28. The van der Waals surface area contributed by atoms with E-state index in [4.69, 9.17) is 0 Å². The van der Waals surface area contributed by atoms with E-state index in [0.29, 0.717) is 23.4 Å². The van der Waals surface area contributed by atoms with Crippen LogP contribution in [0.3, 0.4) is 0 Å². The van der Waals surface area contributed by atoms with E-state index in [2.05, 4.69) is 10.3 Å². The molecule has 4 aromatic rings. The van der Waals surface area contributed by atoms with Gasteiger partial charge in [0.2, 0.25) is 5.91 Å². The van der Waals surface area contributed by atoms with Gasteiger partial charge in [-0.25, -0.2) is 14.2 Å². The quantitative estimate of drug-likeness (QED) is 0.534. The minimum Gasteiger partial charge on any atom is -0.341 e. The maximum Gasteiger partial charge on any atom is 0.329 e. The first-order chi connectivity index (χ1) is 14.5. The van der Waals surface area contributed by atoms with Crippen molar-refractivity contribution in [2.24, 2.45) is 7.05 Å². The summed E-state index contributed by atoms with van der Waals surface area (Å²) in [6.07, 6.45) is 3.41. The summed E-state index contributed by atoms with van der Waals surface area (Å²) in [4.78, 5) is 30.1. The summed E-state index contributed by atoms with van der Waals surface area (Å²) in [5, 5.41) is 2.95. The average molecular weight is 407 g/mol. The van der Waals surface area contributed by atoms with Crippen LogP contribution in [-0.2, 0) is 24.9 Å². The number of carbonyl (C=O) groups excluding carboxylic acids is 1. The molecule has 1 amide bonds. The molecular formula is C22H22FN5O2. The van der Waals surface area contributed by atoms with E-state index >= 15 is 0 Å². The molecule has 0 radical (unpaired) electrons. The normalized spacial score (nSPS) is 12.2. The minimum absolute atomic E-state index is 0.130. The topological polar surface area (TPSA) is 73.8 Å². The van der Waals surface area contributed by atoms with E-state index in [1.807, 2.05) is 38.2 Å². The number of benzene rings is 2. The van der Waals surface area contributed by atoms with Gasteiger partial charge in [0.15, 0.2) is 0 Å². The SMILES string of the molecule is CCn1c(=O)n(CC(=O)NC(c2ccc(F)cc2)c2nccn2C)c2ccccc21. The van der Waals surface area contributed by atoms with E-state index in [0.717, 1.165) is 5.52 Å². The van der Waals surface area contributed by atoms with Gasteiger partial charge in [-0.1, -0.05) is 24.3 Å². The summed E-state index contributed by atoms with van der Waals surface area (Å²) >= 11 is 0. The van der Waals surface area contributed by atoms with Gasteiger partial charge in [-0.2, -0.15) is 0 Å². The second-order valence-electron chi connectivity index (χ2n) is 7.05. The first-order valence-electron chi connectivity index (χ1n) is 9.69. The third-order valence-electron chi connectivity index (χ3n) is 5.17. The fourth-order valence-electron chi connectivity index (χ4n) is 3.69. The number of hydrogen-bond donors (Lipinski definition) is 1. The molecule has 154 valence electrons. The molecule has 2 aromatic heterocycles. The van der Waals surface area contributed by atoms with Gasteiger partial charge in [-0.05, 0) is 36.8 Å². The van der Waals surface area contributed by atoms with Crippen molar-refractivity contribution in [3.63, 3.8) is 0 Å². The Hall–Kier alpha value is -3.68. The predicted octanol–water partition coefficient (Wildman–Crippen LogP) is 2.60. The summed E-state index contributed by atoms with van der Waals surface area (Å²) in [5.74, 6) is -0.0886. The number of fused-ring (bicyclic) bond motifs is 1. The van der Waals surface area contributed by atoms with Crippen LogP contribution in [-0.4, -0.2) is 24.6 Å². The molecule has 0 spiro atoms. The number of nitrogens with zero attached hydrogens (tertiary/aromatic N) is 4. The molecule has 0 aliphatic heterocycles. The van der Waals surface area contributed by atoms with Gasteiger partial charge in [0, 0.05) is 26.0 Å². The number of rotatable bonds is 6. The van der Waals surface area contributed by atoms with Gasteiger partial charge in [0.1, 0.15) is 24.2 Å². The molecule has 0 aliphatic carbocycles. The van der Waals surface area contributed by atoms with Crippen molar-refractivity contribution < 1.29 is 9.18 Å². The summed E-state index contributed by atoms with van der Waals surface area (Å²) in [5.41, 5.74) is 1.96. The number of aromatic nitrogens is 4. The highest BCUT2D eigenvalue weighted by Crippen LogP contribution is 2.21. The van der Waals surface area contributed by atoms with Crippen molar-refractivity contribution in [1.82, 2.24) is 24.0 Å². The lowest BCUT2D eigenvalue weighted by Gasteiger charge is -2.19. The number of para-hydroxylation sites is 2. The third kappa shape index (κ3) is 3.52. The molecule has 1 N–H and O–H groups in total. The molecule has 8 heteroatoms. The number of halogens is 1. The highest BCUT2D eigenvalue weighted by molar-refractivity contribution is 5.81. The Balaban J connectivity index is 1.67. The number of imidazole rings is 2. The van der Waals surface area contributed by atoms with Gasteiger partial charge in [-0.15, -0.1) is 0 Å². The fourth-order valence-corrected chi connectivity index (χ4v) is 3.69. The Kier molecular flexibility index (Phi) is 5.22. The molecule has 2 heterocycles. The Labute approximate surface area is 172 Å². The van der Waals surface area contributed by atoms with Crippen LogP contribution >= 0.6 is 0 Å². The molecule has 1 atom stereocenters. The van der Waals surface area contributed by atoms with E-state index in [1.54, 1.807) is 33.7 Å². The van der Waals surface area contributed by atoms with Crippen LogP contribution in [0.15, 0.2) is 65.7 Å². The van der Waals surface area contributed by atoms with Gasteiger partial charge < -0.3 is 9.88 Å². The number of nitrogens with one attached hydrogen (secondary N) is 1. The van der Waals surface area contributed by atoms with E-state index in [-0.39, 0.29) is 24.0 Å². The first kappa shape index (κ1) is 19.6. The monoisotopic (exact) mass is 407 g/mol. The zero-order chi connectivity index (χ0) is 21.3. The van der Waals surface area contributed by atoms with Gasteiger partial charge in [-0.3, -0.25) is 13.9 Å². The Bertz CT molecular complexity index is 1250. The maximum atomic E-state index is 13.4. The summed E-state index contributed by atoms with van der Waals surface area (Å²) in [6, 6.07) is 12.7. The van der Waals surface area contributed by atoms with Gasteiger partial charge in [0.25, 0.3) is 0 Å². The first-order valence-corrected chi connectivity index (χ1v) is 9.69. The molecule has 4 rings (SSSR count). The van der Waals surface area contributed by atoms with E-state index in [1.165, 1.54) is 16.7 Å². The van der Waals surface area contributed by atoms with E-state index in [9.17, 15) is 14.0 Å². The van der Waals surface area contributed by atoms with E-state index < -0.39 is 6.04 Å². The minimum atomic E-state index is -0.576. The average Bonchev–Trinajstić information content (AvgIpc) is 3.28. The molecule has 1 unspecified atom stereocenters. The Morgan fingerprint density at radius 1 is 1.10 bits per heavy atom. The molecule has 0 fully saturated rings. The predicted molar refractivity (Wildman–Crippen MR) is 111 cm³/mol. The molecular weight excluding hydrogens is 385 g/mol. The number of carbonyl (C=O) groups is 1. The van der Waals surface area contributed by atoms with Crippen molar-refractivity contribution >= 4 is 16.9 Å². The zero-order valence-corrected chi connectivity index (χ0v) is 16.7. The van der Waals surface area contributed by atoms with Gasteiger partial charge in [0.05, 0.1) is 11.0 Å². The molecule has 0 saturated carbocycles. The van der Waals surface area contributed by atoms with Crippen LogP contribution in [0.1, 0.15) is 24.4 Å². The zero-order valence-electron chi connectivity index (χ0n) is 16.7. The van der Waals surface area contributed by atoms with Crippen molar-refractivity contribution in [1.29, 1.82) is 0 Å². The van der Waals surface area contributed by atoms with Crippen LogP contribution in [0.4, 0.5) is 4.39 Å². The van der Waals surface area contributed by atoms with Crippen molar-refractivity contribution in [2.45, 2.75) is 26.1 Å². The second-order valence-corrected chi connectivity index (χ2v) is 7.05. The lowest BCUT2D eigenvalue weighted by molar-refractivity contribution is -0.122. The standard InChI is InChI=1S/C22H22FN5O2/c1-3-27-17-6-4-5-7-18(17)28(22(27)30)14-19(29)25-20(21-24-12-13-26(21)2)15-8-10-16(23)11-9-15/h4-13,20H,3,14H2,1-2H3,(H,25,29). The van der Waals surface area contributed by atoms with Crippen LogP contribution in [0.25, 0.3) is 11.0 Å². The second kappa shape index (κ2) is 7.98. The van der Waals surface area contributed by atoms with Crippen molar-refractivity contribution in [3.05, 3.63) is 88.6 Å². The highest BCUT2D eigenvalue weighted by Gasteiger charge is 2.22. The third-order valence-corrected chi connectivity index (χ3v) is 5.17. The van der Waals surface area contributed by atoms with Gasteiger partial charge >= 0.3 is 5.69 Å². The molecule has 0 saturated heterocycles. The fraction of sp³-hybridized carbons (Fsp3) is 0.227. The van der Waals surface area contributed by atoms with Crippen LogP contribution in [0.5, 0.6) is 0 Å². The maximum absolute atomic E-state index is 13.4. The number of amides is 1. The summed E-state index contributed by atoms with van der Waals surface area (Å²) < 4.78 is 18.3. The molecule has 30 heavy (non-hydrogen) atoms. The largest absolute Gasteiger partial charge is 0.341 e.